The summed E-state index contributed by atoms with van der Waals surface area (Å²) in [5.41, 5.74) is 0.504. The Bertz CT molecular complexity index is 1100. The first-order valence-electron chi connectivity index (χ1n) is 8.93. The van der Waals surface area contributed by atoms with Gasteiger partial charge in [-0.2, -0.15) is 0 Å². The number of nitrogens with one attached hydrogen (secondary N) is 1. The molecule has 10 nitrogen and oxygen atoms in total. The van der Waals surface area contributed by atoms with E-state index in [4.69, 9.17) is 20.8 Å². The number of ether oxygens (including phenoxy) is 3. The first kappa shape index (κ1) is 23.4. The van der Waals surface area contributed by atoms with Crippen molar-refractivity contribution in [2.75, 3.05) is 20.8 Å². The molecule has 1 N–H and O–H groups in total. The van der Waals surface area contributed by atoms with Crippen LogP contribution in [0.15, 0.2) is 38.9 Å². The number of furan rings is 1. The number of urea groups is 1. The fourth-order valence-corrected chi connectivity index (χ4v) is 3.69. The second-order valence-electron chi connectivity index (χ2n) is 6.32. The second kappa shape index (κ2) is 9.88. The summed E-state index contributed by atoms with van der Waals surface area (Å²) in [6.45, 7) is -0.507. The lowest BCUT2D eigenvalue weighted by atomic mass is 10.2. The Labute approximate surface area is 195 Å². The summed E-state index contributed by atoms with van der Waals surface area (Å²) in [5, 5.41) is 2.65. The number of esters is 2. The van der Waals surface area contributed by atoms with E-state index in [1.165, 1.54) is 38.5 Å². The smallest absolute Gasteiger partial charge is 0.373 e. The molecule has 0 spiro atoms. The highest BCUT2D eigenvalue weighted by molar-refractivity contribution is 9.10. The lowest BCUT2D eigenvalue weighted by molar-refractivity contribution is -0.142. The molecule has 0 aliphatic carbocycles. The maximum absolute atomic E-state index is 12.7. The van der Waals surface area contributed by atoms with E-state index in [1.807, 2.05) is 0 Å². The van der Waals surface area contributed by atoms with E-state index in [0.717, 1.165) is 4.90 Å². The predicted molar refractivity (Wildman–Crippen MR) is 114 cm³/mol. The number of rotatable bonds is 7. The van der Waals surface area contributed by atoms with Crippen molar-refractivity contribution < 1.29 is 37.8 Å². The van der Waals surface area contributed by atoms with Crippen LogP contribution in [-0.4, -0.2) is 49.6 Å². The summed E-state index contributed by atoms with van der Waals surface area (Å²) in [6, 6.07) is 5.31. The summed E-state index contributed by atoms with van der Waals surface area (Å²) in [6.07, 6.45) is 1.43. The van der Waals surface area contributed by atoms with Gasteiger partial charge in [0.15, 0.2) is 12.4 Å². The number of carbonyl (C=O) groups excluding carboxylic acids is 4. The second-order valence-corrected chi connectivity index (χ2v) is 7.58. The minimum atomic E-state index is -0.671. The van der Waals surface area contributed by atoms with Crippen molar-refractivity contribution in [3.8, 4) is 5.75 Å². The maximum Gasteiger partial charge on any atom is 0.373 e. The molecule has 3 rings (SSSR count). The van der Waals surface area contributed by atoms with E-state index in [0.29, 0.717) is 10.0 Å². The lowest BCUT2D eigenvalue weighted by Crippen LogP contribution is -2.30. The quantitative estimate of drug-likeness (QED) is 0.331. The van der Waals surface area contributed by atoms with Crippen LogP contribution < -0.4 is 10.1 Å². The molecule has 1 aromatic heterocycles. The molecule has 0 radical (unpaired) electrons. The van der Waals surface area contributed by atoms with Crippen molar-refractivity contribution in [2.45, 2.75) is 6.54 Å². The van der Waals surface area contributed by atoms with Crippen LogP contribution in [0.25, 0.3) is 6.08 Å². The topological polar surface area (TPSA) is 124 Å². The Morgan fingerprint density at radius 3 is 2.62 bits per heavy atom. The molecule has 2 aromatic rings. The number of imide groups is 1. The molecule has 0 atom stereocenters. The summed E-state index contributed by atoms with van der Waals surface area (Å²) < 4.78 is 20.1. The van der Waals surface area contributed by atoms with Gasteiger partial charge in [0.1, 0.15) is 11.5 Å². The van der Waals surface area contributed by atoms with Gasteiger partial charge in [0, 0.05) is 0 Å². The monoisotopic (exact) mass is 526 g/mol. The third kappa shape index (κ3) is 5.11. The van der Waals surface area contributed by atoms with Crippen LogP contribution in [0.5, 0.6) is 5.75 Å². The molecule has 32 heavy (non-hydrogen) atoms. The van der Waals surface area contributed by atoms with Gasteiger partial charge in [-0.3, -0.25) is 9.69 Å². The van der Waals surface area contributed by atoms with Gasteiger partial charge in [0.25, 0.3) is 5.91 Å². The molecule has 1 fully saturated rings. The number of methoxy groups -OCH3 is 2. The molecule has 1 aliphatic rings. The molecule has 0 bridgehead atoms. The zero-order valence-electron chi connectivity index (χ0n) is 16.8. The first-order valence-corrected chi connectivity index (χ1v) is 10.1. The van der Waals surface area contributed by atoms with Crippen molar-refractivity contribution in [1.82, 2.24) is 10.2 Å². The van der Waals surface area contributed by atoms with Crippen molar-refractivity contribution in [1.29, 1.82) is 0 Å². The Kier molecular flexibility index (Phi) is 7.21. The van der Waals surface area contributed by atoms with Crippen LogP contribution in [0, 0.1) is 0 Å². The molecule has 168 valence electrons. The van der Waals surface area contributed by atoms with Gasteiger partial charge in [-0.15, -0.1) is 0 Å². The van der Waals surface area contributed by atoms with Crippen molar-refractivity contribution in [3.63, 3.8) is 0 Å². The number of benzene rings is 1. The van der Waals surface area contributed by atoms with Gasteiger partial charge in [0.05, 0.1) is 30.3 Å². The van der Waals surface area contributed by atoms with Crippen LogP contribution in [0.3, 0.4) is 0 Å². The summed E-state index contributed by atoms with van der Waals surface area (Å²) in [5.74, 6) is -1.43. The first-order chi connectivity index (χ1) is 15.2. The van der Waals surface area contributed by atoms with Crippen LogP contribution in [0.4, 0.5) is 4.79 Å². The van der Waals surface area contributed by atoms with Crippen molar-refractivity contribution in [2.24, 2.45) is 0 Å². The molecule has 12 heteroatoms. The minimum Gasteiger partial charge on any atom is -0.479 e. The molecule has 1 aliphatic heterocycles. The third-order valence-electron chi connectivity index (χ3n) is 4.22. The maximum atomic E-state index is 12.7. The average molecular weight is 528 g/mol. The van der Waals surface area contributed by atoms with E-state index in [-0.39, 0.29) is 41.1 Å². The fraction of sp³-hybridized carbons (Fsp3) is 0.200. The van der Waals surface area contributed by atoms with Gasteiger partial charge in [-0.1, -0.05) is 11.6 Å². The summed E-state index contributed by atoms with van der Waals surface area (Å²) in [4.78, 5) is 48.6. The van der Waals surface area contributed by atoms with Gasteiger partial charge >= 0.3 is 18.0 Å². The highest BCUT2D eigenvalue weighted by atomic mass is 79.9. The fourth-order valence-electron chi connectivity index (χ4n) is 2.70. The van der Waals surface area contributed by atoms with E-state index in [2.05, 4.69) is 30.7 Å². The zero-order chi connectivity index (χ0) is 23.4. The van der Waals surface area contributed by atoms with Crippen LogP contribution in [-0.2, 0) is 25.6 Å². The number of carbonyl (C=O) groups is 4. The third-order valence-corrected chi connectivity index (χ3v) is 5.09. The molecule has 1 saturated heterocycles. The summed E-state index contributed by atoms with van der Waals surface area (Å²) in [7, 11) is 2.44. The van der Waals surface area contributed by atoms with Crippen LogP contribution >= 0.6 is 27.5 Å². The Balaban J connectivity index is 1.76. The largest absolute Gasteiger partial charge is 0.479 e. The molecular formula is C20H16BrClN2O8. The van der Waals surface area contributed by atoms with Crippen molar-refractivity contribution in [3.05, 3.63) is 56.5 Å². The molecule has 0 saturated carbocycles. The minimum absolute atomic E-state index is 0.0148. The van der Waals surface area contributed by atoms with E-state index < -0.39 is 23.9 Å². The zero-order valence-corrected chi connectivity index (χ0v) is 19.1. The van der Waals surface area contributed by atoms with Gasteiger partial charge in [-0.05, 0) is 51.8 Å². The Morgan fingerprint density at radius 2 is 1.97 bits per heavy atom. The molecule has 0 unspecified atom stereocenters. The van der Waals surface area contributed by atoms with Crippen molar-refractivity contribution >= 4 is 57.5 Å². The van der Waals surface area contributed by atoms with Crippen LogP contribution in [0.1, 0.15) is 21.9 Å². The number of halogens is 2. The number of amides is 3. The SMILES string of the molecule is COC(=O)COc1c(Cl)cc(/C=C2\NC(=O)N(Cc3ccc(C(=O)OC)o3)C2=O)cc1Br. The predicted octanol–water partition coefficient (Wildman–Crippen LogP) is 3.13. The van der Waals surface area contributed by atoms with E-state index in [1.54, 1.807) is 6.07 Å². The van der Waals surface area contributed by atoms with Crippen LogP contribution in [0.2, 0.25) is 5.02 Å². The average Bonchev–Trinajstić information content (AvgIpc) is 3.33. The standard InChI is InChI=1S/C20H16BrClN2O8/c1-29-16(25)9-31-17-12(21)5-10(6-13(17)22)7-14-18(26)24(20(28)23-14)8-11-3-4-15(32-11)19(27)30-2/h3-7H,8-9H2,1-2H3,(H,23,28)/b14-7-. The highest BCUT2D eigenvalue weighted by Crippen LogP contribution is 2.35. The summed E-state index contributed by atoms with van der Waals surface area (Å²) >= 11 is 9.52. The molecule has 2 heterocycles. The highest BCUT2D eigenvalue weighted by Gasteiger charge is 2.34. The number of nitrogens with zero attached hydrogens (tertiary/aromatic N) is 1. The Morgan fingerprint density at radius 1 is 1.22 bits per heavy atom. The number of hydrogen-bond acceptors (Lipinski definition) is 8. The Hall–Kier alpha value is -3.31. The van der Waals surface area contributed by atoms with E-state index >= 15 is 0 Å². The van der Waals surface area contributed by atoms with Gasteiger partial charge in [-0.25, -0.2) is 14.4 Å². The number of hydrogen-bond donors (Lipinski definition) is 1. The molecule has 1 aromatic carbocycles. The van der Waals surface area contributed by atoms with Gasteiger partial charge in [0.2, 0.25) is 5.76 Å². The normalized spacial score (nSPS) is 14.5. The van der Waals surface area contributed by atoms with E-state index in [9.17, 15) is 19.2 Å². The molecule has 3 amide bonds. The lowest BCUT2D eigenvalue weighted by Gasteiger charge is -2.10. The van der Waals surface area contributed by atoms with Gasteiger partial charge < -0.3 is 23.9 Å². The molecular weight excluding hydrogens is 512 g/mol.